The molecule has 480 valence electrons. The van der Waals surface area contributed by atoms with Gasteiger partial charge >= 0.3 is 26.1 Å². The largest absolute Gasteiger partial charge is 0.478 e. The van der Waals surface area contributed by atoms with Crippen LogP contribution in [0.15, 0.2) is 66.7 Å². The first kappa shape index (κ1) is 68.0. The number of ether oxygens (including phenoxy) is 1. The molecule has 3 aromatic heterocycles. The average molecular weight is 1340 g/mol. The second kappa shape index (κ2) is 23.7. The number of esters is 1. The monoisotopic (exact) mass is 1340 g/mol. The quantitative estimate of drug-likeness (QED) is 0.0277. The van der Waals surface area contributed by atoms with Crippen LogP contribution < -0.4 is 9.62 Å². The number of carbonyl (C=O) groups excluding carboxylic acids is 3. The van der Waals surface area contributed by atoms with Crippen molar-refractivity contribution in [3.8, 4) is 23.0 Å². The van der Waals surface area contributed by atoms with Crippen molar-refractivity contribution < 1.29 is 98.0 Å². The van der Waals surface area contributed by atoms with Crippen LogP contribution in [-0.2, 0) is 79.1 Å². The van der Waals surface area contributed by atoms with Gasteiger partial charge in [0.15, 0.2) is 21.3 Å². The van der Waals surface area contributed by atoms with E-state index in [1.165, 1.54) is 67.5 Å². The lowest BCUT2D eigenvalue weighted by molar-refractivity contribution is -0.143. The number of benzene rings is 3. The van der Waals surface area contributed by atoms with Gasteiger partial charge in [-0.3, -0.25) is 28.0 Å². The van der Waals surface area contributed by atoms with Crippen LogP contribution in [0.5, 0.6) is 0 Å². The molecule has 0 spiro atoms. The van der Waals surface area contributed by atoms with E-state index >= 15 is 17.6 Å². The fourth-order valence-electron chi connectivity index (χ4n) is 9.73. The van der Waals surface area contributed by atoms with Crippen molar-refractivity contribution in [1.82, 2.24) is 29.9 Å². The molecule has 33 heteroatoms. The van der Waals surface area contributed by atoms with Crippen LogP contribution in [0.3, 0.4) is 0 Å². The number of phosphoric ester groups is 1. The van der Waals surface area contributed by atoms with Gasteiger partial charge in [-0.05, 0) is 128 Å². The van der Waals surface area contributed by atoms with Gasteiger partial charge in [0.1, 0.15) is 40.9 Å². The zero-order valence-corrected chi connectivity index (χ0v) is 51.9. The molecule has 0 bridgehead atoms. The zero-order chi connectivity index (χ0) is 66.3. The Labute approximate surface area is 507 Å². The van der Waals surface area contributed by atoms with Crippen molar-refractivity contribution in [2.24, 2.45) is 5.92 Å². The Kier molecular flexibility index (Phi) is 18.1. The first-order valence-electron chi connectivity index (χ1n) is 26.5. The lowest BCUT2D eigenvalue weighted by atomic mass is 9.93. The van der Waals surface area contributed by atoms with Crippen LogP contribution in [-0.4, -0.2) is 101 Å². The minimum atomic E-state index is -5.27. The molecule has 0 aliphatic heterocycles. The van der Waals surface area contributed by atoms with Crippen LogP contribution in [0, 0.1) is 29.4 Å². The second-order valence-corrected chi connectivity index (χ2v) is 29.7. The molecule has 1 saturated carbocycles. The zero-order valence-electron chi connectivity index (χ0n) is 48.6. The van der Waals surface area contributed by atoms with E-state index < -0.39 is 197 Å². The summed E-state index contributed by atoms with van der Waals surface area (Å²) in [6.45, 7) is 6.96. The number of fused-ring (bicyclic) bond motifs is 4. The smallest absolute Gasteiger partial charge is 0.434 e. The Morgan fingerprint density at radius 2 is 1.44 bits per heavy atom. The molecule has 2 aliphatic carbocycles. The van der Waals surface area contributed by atoms with E-state index in [9.17, 15) is 62.1 Å². The molecule has 1 N–H and O–H groups in total. The summed E-state index contributed by atoms with van der Waals surface area (Å²) < 4.78 is 237. The van der Waals surface area contributed by atoms with E-state index in [0.29, 0.717) is 12.3 Å². The molecular weight excluding hydrogens is 1280 g/mol. The van der Waals surface area contributed by atoms with Gasteiger partial charge in [-0.2, -0.15) is 49.6 Å². The minimum Gasteiger partial charge on any atom is -0.434 e. The predicted octanol–water partition coefficient (Wildman–Crippen LogP) is 11.8. The molecule has 3 heterocycles. The van der Waals surface area contributed by atoms with Crippen molar-refractivity contribution in [2.45, 2.75) is 128 Å². The number of phosphoric acid groups is 1. The van der Waals surface area contributed by atoms with Crippen LogP contribution in [0.25, 0.3) is 22.0 Å². The Morgan fingerprint density at radius 3 is 2.00 bits per heavy atom. The molecule has 8 rings (SSSR count). The fourth-order valence-corrected chi connectivity index (χ4v) is 12.7. The van der Waals surface area contributed by atoms with Gasteiger partial charge in [-0.1, -0.05) is 35.7 Å². The summed E-state index contributed by atoms with van der Waals surface area (Å²) in [6, 6.07) is 8.74. The van der Waals surface area contributed by atoms with Gasteiger partial charge in [0, 0.05) is 34.9 Å². The Bertz CT molecular complexity index is 4170. The Hall–Kier alpha value is -6.94. The maximum Gasteiger partial charge on any atom is 0.478 e. The third kappa shape index (κ3) is 15.1. The molecule has 0 radical (unpaired) electrons. The number of sulfone groups is 1. The highest BCUT2D eigenvalue weighted by Gasteiger charge is 2.68. The second-order valence-electron chi connectivity index (χ2n) is 23.4. The number of amides is 2. The molecule has 0 saturated heterocycles. The van der Waals surface area contributed by atoms with E-state index in [-0.39, 0.29) is 36.9 Å². The first-order valence-corrected chi connectivity index (χ1v) is 32.0. The van der Waals surface area contributed by atoms with Crippen molar-refractivity contribution >= 4 is 73.8 Å². The number of carbonyl (C=O) groups is 3. The number of anilines is 1. The van der Waals surface area contributed by atoms with Crippen LogP contribution in [0.1, 0.15) is 128 Å². The molecule has 3 aromatic carbocycles. The maximum absolute atomic E-state index is 15.8. The molecule has 6 aromatic rings. The van der Waals surface area contributed by atoms with Gasteiger partial charge in [0.2, 0.25) is 22.7 Å². The van der Waals surface area contributed by atoms with Crippen molar-refractivity contribution in [3.05, 3.63) is 128 Å². The van der Waals surface area contributed by atoms with E-state index in [2.05, 4.69) is 32.3 Å². The summed E-state index contributed by atoms with van der Waals surface area (Å²) in [4.78, 5) is 47.6. The van der Waals surface area contributed by atoms with E-state index in [0.717, 1.165) is 54.8 Å². The Balaban J connectivity index is 1.31. The number of nitrogens with zero attached hydrogens (tertiary/aromatic N) is 6. The number of halogens is 11. The van der Waals surface area contributed by atoms with E-state index in [1.54, 1.807) is 0 Å². The highest BCUT2D eigenvalue weighted by molar-refractivity contribution is 7.93. The van der Waals surface area contributed by atoms with Gasteiger partial charge < -0.3 is 10.1 Å². The molecular formula is C56H55ClF10N7O12PS2. The van der Waals surface area contributed by atoms with E-state index in [4.69, 9.17) is 29.9 Å². The molecule has 19 nitrogen and oxygen atoms in total. The third-order valence-corrected chi connectivity index (χ3v) is 18.8. The lowest BCUT2D eigenvalue weighted by Gasteiger charge is -2.30. The molecule has 2 amide bonds. The van der Waals surface area contributed by atoms with Gasteiger partial charge in [0.05, 0.1) is 56.2 Å². The predicted molar refractivity (Wildman–Crippen MR) is 301 cm³/mol. The van der Waals surface area contributed by atoms with Crippen molar-refractivity contribution in [1.29, 1.82) is 0 Å². The van der Waals surface area contributed by atoms with Crippen molar-refractivity contribution in [2.75, 3.05) is 23.6 Å². The van der Waals surface area contributed by atoms with Gasteiger partial charge in [-0.15, -0.1) is 0 Å². The maximum atomic E-state index is 15.8. The normalized spacial score (nSPS) is 16.5. The van der Waals surface area contributed by atoms with Crippen LogP contribution in [0.2, 0.25) is 5.02 Å². The SMILES string of the molecule is CC(C)(C)OP(=O)(OCOC(=O)c1ccccc1C(=O)N(c1nn(CC(F)(F)F)c2c(-c3ccc(C#CC(C)(C)S(C)(=O)=O)nc3[C@H](Cc3cc(F)cc(F)c3)NC(=O)Cn3nc(C(F)(F)F)c4c3C(F)(F)[C@@H]3C[C@H]43)ccc(Cl)c12)S(C)(=O)=O)OC(C)(C)C. The molecule has 1 fully saturated rings. The summed E-state index contributed by atoms with van der Waals surface area (Å²) in [7, 11) is -13.6. The molecule has 0 unspecified atom stereocenters. The number of hydrogen-bond donors (Lipinski definition) is 1. The highest BCUT2D eigenvalue weighted by atomic mass is 35.5. The standard InChI is InChI=1S/C56H55ClF10N7O12PS2/c1-51(2,3)85-87(78,86-52(4,5)6)84-28-83-50(77)36-14-12-11-13-35(36)49(76)74(89(10,81)82)48-43-39(57)18-17-34(45(43)73(71-48)27-54(60,61)62)33-16-15-32(19-20-53(7,8)88(9,79)80)68-44(33)40(23-29-21-30(58)24-31(59)22-29)69-41(75)26-72-47-42(46(70-72)56(65,66)67)37-25-38(37)55(47,63)64/h11-18,21-22,24,37-38,40H,23,25-28H2,1-10H3,(H,69,75)/t37-,38+,40-/m0/s1. The number of pyridine rings is 1. The van der Waals surface area contributed by atoms with Crippen molar-refractivity contribution in [3.63, 3.8) is 0 Å². The number of hydrogen-bond acceptors (Lipinski definition) is 15. The molecule has 2 aliphatic rings. The number of alkyl halides is 8. The summed E-state index contributed by atoms with van der Waals surface area (Å²) >= 11 is 6.80. The topological polar surface area (TPSA) is 237 Å². The molecule has 3 atom stereocenters. The Morgan fingerprint density at radius 1 is 0.843 bits per heavy atom. The number of rotatable bonds is 18. The average Bonchev–Trinajstić information content (AvgIpc) is 1.53. The van der Waals surface area contributed by atoms with Crippen LogP contribution in [0.4, 0.5) is 49.7 Å². The van der Waals surface area contributed by atoms with Gasteiger partial charge in [-0.25, -0.2) is 44.5 Å². The summed E-state index contributed by atoms with van der Waals surface area (Å²) in [5.74, 6) is -9.49. The van der Waals surface area contributed by atoms with E-state index in [1.807, 2.05) is 0 Å². The first-order chi connectivity index (χ1) is 40.7. The summed E-state index contributed by atoms with van der Waals surface area (Å²) in [5, 5.41) is 8.51. The van der Waals surface area contributed by atoms with Crippen LogP contribution >= 0.6 is 19.4 Å². The number of aromatic nitrogens is 5. The summed E-state index contributed by atoms with van der Waals surface area (Å²) in [6.07, 6.45) is -10.3. The van der Waals surface area contributed by atoms with Gasteiger partial charge in [0.25, 0.3) is 11.8 Å². The molecule has 89 heavy (non-hydrogen) atoms. The minimum absolute atomic E-state index is 0.0743. The number of sulfonamides is 1. The fraction of sp³-hybridized carbons (Fsp3) is 0.429. The summed E-state index contributed by atoms with van der Waals surface area (Å²) in [5.41, 5.74) is -10.2. The number of nitrogens with one attached hydrogen (secondary N) is 1. The highest BCUT2D eigenvalue weighted by Crippen LogP contribution is 2.68. The lowest BCUT2D eigenvalue weighted by Crippen LogP contribution is -2.37. The third-order valence-electron chi connectivity index (χ3n) is 13.6.